The van der Waals surface area contributed by atoms with Crippen LogP contribution in [-0.4, -0.2) is 64.2 Å². The highest BCUT2D eigenvalue weighted by molar-refractivity contribution is 7.64. The van der Waals surface area contributed by atoms with E-state index in [4.69, 9.17) is 25.1 Å². The summed E-state index contributed by atoms with van der Waals surface area (Å²) >= 11 is 0. The molecule has 0 spiro atoms. The Morgan fingerprint density at radius 3 is 2.69 bits per heavy atom. The summed E-state index contributed by atoms with van der Waals surface area (Å²) in [5.41, 5.74) is 4.17. The number of hydrogen-bond acceptors (Lipinski definition) is 14. The van der Waals surface area contributed by atoms with Crippen LogP contribution in [-0.2, 0) is 36.3 Å². The van der Waals surface area contributed by atoms with Crippen molar-refractivity contribution in [1.82, 2.24) is 14.5 Å². The van der Waals surface area contributed by atoms with Crippen LogP contribution in [0.5, 0.6) is 0 Å². The smallest absolute Gasteiger partial charge is 0.387 e. The fourth-order valence-electron chi connectivity index (χ4n) is 2.96. The Balaban J connectivity index is 1.68. The molecule has 0 aromatic carbocycles. The van der Waals surface area contributed by atoms with Gasteiger partial charge in [0.1, 0.15) is 42.2 Å². The van der Waals surface area contributed by atoms with E-state index < -0.39 is 54.5 Å². The molecule has 178 valence electrons. The fraction of sp³-hybridized carbons (Fsp3) is 0.500. The number of hydrogen-bond donors (Lipinski definition) is 6. The van der Waals surface area contributed by atoms with Crippen LogP contribution in [0.4, 0.5) is 5.82 Å². The summed E-state index contributed by atoms with van der Waals surface area (Å²) in [7, 11) is -14.3. The first-order chi connectivity index (χ1) is 14.8. The molecule has 3 heterocycles. The predicted molar refractivity (Wildman–Crippen MR) is 102 cm³/mol. The third-order valence-corrected chi connectivity index (χ3v) is 7.95. The topological polar surface area (TPSA) is 255 Å². The monoisotopic (exact) mass is 519 g/mol. The van der Waals surface area contributed by atoms with Gasteiger partial charge in [-0.1, -0.05) is 0 Å². The van der Waals surface area contributed by atoms with Gasteiger partial charge in [-0.3, -0.25) is 4.89 Å². The summed E-state index contributed by atoms with van der Waals surface area (Å²) in [4.78, 5) is 26.0. The molecule has 1 aliphatic heterocycles. The first kappa shape index (κ1) is 25.2. The highest BCUT2D eigenvalue weighted by atomic mass is 31.3. The highest BCUT2D eigenvalue weighted by Gasteiger charge is 2.54. The number of aliphatic hydroxyl groups is 2. The SMILES string of the molecule is C[C@@]1(O)[C@H](O)[C@@H](CO[P+](=O)OP(=O)(O)OP(=O)(O)OO)O[C@H]1n1ccc2c(N)ncnc21. The van der Waals surface area contributed by atoms with Crippen LogP contribution in [0.1, 0.15) is 13.2 Å². The summed E-state index contributed by atoms with van der Waals surface area (Å²) in [6.45, 7) is 0.547. The zero-order valence-corrected chi connectivity index (χ0v) is 18.6. The Bertz CT molecular complexity index is 1110. The van der Waals surface area contributed by atoms with E-state index in [0.29, 0.717) is 11.0 Å². The average molecular weight is 519 g/mol. The van der Waals surface area contributed by atoms with Crippen molar-refractivity contribution >= 4 is 40.8 Å². The zero-order chi connectivity index (χ0) is 23.9. The molecule has 0 aliphatic carbocycles. The van der Waals surface area contributed by atoms with Crippen LogP contribution in [0.3, 0.4) is 0 Å². The summed E-state index contributed by atoms with van der Waals surface area (Å²) in [6.07, 6.45) is -1.42. The van der Waals surface area contributed by atoms with Crippen LogP contribution in [0.2, 0.25) is 0 Å². The number of aromatic nitrogens is 3. The molecule has 0 saturated carbocycles. The highest BCUT2D eigenvalue weighted by Crippen LogP contribution is 2.63. The number of nitrogen functional groups attached to an aromatic ring is 1. The van der Waals surface area contributed by atoms with Gasteiger partial charge in [0.2, 0.25) is 0 Å². The number of fused-ring (bicyclic) bond motifs is 1. The number of anilines is 1. The van der Waals surface area contributed by atoms with E-state index in [0.717, 1.165) is 0 Å². The molecule has 17 nitrogen and oxygen atoms in total. The van der Waals surface area contributed by atoms with Crippen molar-refractivity contribution in [3.8, 4) is 0 Å². The maximum Gasteiger partial charge on any atom is 0.708 e. The van der Waals surface area contributed by atoms with Crippen molar-refractivity contribution in [3.05, 3.63) is 18.6 Å². The molecule has 0 amide bonds. The predicted octanol–water partition coefficient (Wildman–Crippen LogP) is 0.420. The molecule has 2 aromatic rings. The number of nitrogens with two attached hydrogens (primary N) is 1. The van der Waals surface area contributed by atoms with Gasteiger partial charge in [0.15, 0.2) is 6.23 Å². The molecule has 20 heteroatoms. The summed E-state index contributed by atoms with van der Waals surface area (Å²) in [5.74, 6) is 0.177. The number of nitrogens with zero attached hydrogens (tertiary/aromatic N) is 3. The van der Waals surface area contributed by atoms with Gasteiger partial charge < -0.3 is 30.1 Å². The Kier molecular flexibility index (Phi) is 7.15. The van der Waals surface area contributed by atoms with Gasteiger partial charge in [0.05, 0.1) is 5.39 Å². The molecule has 32 heavy (non-hydrogen) atoms. The van der Waals surface area contributed by atoms with Gasteiger partial charge in [-0.05, 0) is 17.3 Å². The molecular weight excluding hydrogens is 501 g/mol. The standard InChI is InChI=1S/C12H17N4O13P3/c1-12(18)8(17)7(4-25-30(20)28-32(23,24)29-31(21,22)27-19)26-11(12)16-3-2-6-9(13)14-5-15-10(6)16/h2-3,5,7-8,11,17-18H,4H2,1H3,(H4-,13,14,15,19,21,22,23,24)/p+1/t7-,8-,11-,12-/m1/s1. The van der Waals surface area contributed by atoms with Gasteiger partial charge in [-0.2, -0.15) is 4.31 Å². The molecular formula is C12H18N4O13P3+. The minimum Gasteiger partial charge on any atom is -0.387 e. The van der Waals surface area contributed by atoms with Crippen molar-refractivity contribution in [3.63, 3.8) is 0 Å². The zero-order valence-electron chi connectivity index (χ0n) is 15.9. The molecule has 3 unspecified atom stereocenters. The van der Waals surface area contributed by atoms with Crippen LogP contribution in [0.25, 0.3) is 11.0 Å². The second kappa shape index (κ2) is 9.08. The molecule has 1 saturated heterocycles. The number of ether oxygens (including phenoxy) is 1. The van der Waals surface area contributed by atoms with Crippen LogP contribution >= 0.6 is 23.9 Å². The van der Waals surface area contributed by atoms with E-state index in [-0.39, 0.29) is 5.82 Å². The maximum atomic E-state index is 11.8. The fourth-order valence-corrected chi connectivity index (χ4v) is 5.64. The van der Waals surface area contributed by atoms with Crippen molar-refractivity contribution in [2.75, 3.05) is 12.3 Å². The largest absolute Gasteiger partial charge is 0.708 e. The second-order valence-corrected chi connectivity index (χ2v) is 10.7. The lowest BCUT2D eigenvalue weighted by atomic mass is 9.96. The first-order valence-corrected chi connectivity index (χ1v) is 12.5. The lowest BCUT2D eigenvalue weighted by molar-refractivity contribution is -0.157. The lowest BCUT2D eigenvalue weighted by Crippen LogP contribution is -2.44. The van der Waals surface area contributed by atoms with Crippen molar-refractivity contribution in [1.29, 1.82) is 0 Å². The van der Waals surface area contributed by atoms with E-state index in [1.807, 2.05) is 0 Å². The summed E-state index contributed by atoms with van der Waals surface area (Å²) in [6, 6.07) is 1.57. The van der Waals surface area contributed by atoms with Gasteiger partial charge in [0.25, 0.3) is 0 Å². The van der Waals surface area contributed by atoms with Gasteiger partial charge >= 0.3 is 23.9 Å². The van der Waals surface area contributed by atoms with E-state index in [1.165, 1.54) is 24.0 Å². The van der Waals surface area contributed by atoms with E-state index in [1.54, 1.807) is 6.07 Å². The molecule has 1 aliphatic rings. The van der Waals surface area contributed by atoms with E-state index in [2.05, 4.69) is 23.3 Å². The molecule has 0 radical (unpaired) electrons. The van der Waals surface area contributed by atoms with Gasteiger partial charge in [-0.25, -0.2) is 24.4 Å². The molecule has 1 fully saturated rings. The minimum absolute atomic E-state index is 0.177. The normalized spacial score (nSPS) is 30.2. The lowest BCUT2D eigenvalue weighted by Gasteiger charge is -2.27. The van der Waals surface area contributed by atoms with E-state index >= 15 is 0 Å². The van der Waals surface area contributed by atoms with Crippen molar-refractivity contribution < 1.29 is 61.5 Å². The number of aliphatic hydroxyl groups excluding tert-OH is 1. The molecule has 7 N–H and O–H groups in total. The quantitative estimate of drug-likeness (QED) is 0.149. The molecule has 3 rings (SSSR count). The Hall–Kier alpha value is -1.42. The van der Waals surface area contributed by atoms with Gasteiger partial charge in [0, 0.05) is 10.8 Å². The van der Waals surface area contributed by atoms with E-state index in [9.17, 15) is 28.8 Å². The third-order valence-electron chi connectivity index (χ3n) is 4.37. The van der Waals surface area contributed by atoms with Crippen LogP contribution in [0.15, 0.2) is 18.6 Å². The Labute approximate surface area is 179 Å². The third kappa shape index (κ3) is 5.21. The summed E-state index contributed by atoms with van der Waals surface area (Å²) in [5, 5.41) is 29.8. The minimum atomic E-state index is -5.46. The maximum absolute atomic E-state index is 11.8. The van der Waals surface area contributed by atoms with Crippen LogP contribution in [0, 0.1) is 0 Å². The molecule has 7 atom stereocenters. The number of rotatable bonds is 9. The Morgan fingerprint density at radius 1 is 1.34 bits per heavy atom. The average Bonchev–Trinajstić information content (AvgIpc) is 3.19. The number of phosphoric acid groups is 2. The first-order valence-electron chi connectivity index (χ1n) is 8.40. The molecule has 2 aromatic heterocycles. The van der Waals surface area contributed by atoms with Crippen LogP contribution < -0.4 is 5.73 Å². The van der Waals surface area contributed by atoms with Crippen molar-refractivity contribution in [2.45, 2.75) is 31.0 Å². The Morgan fingerprint density at radius 2 is 2.03 bits per heavy atom. The summed E-state index contributed by atoms with van der Waals surface area (Å²) < 4.78 is 56.5. The second-order valence-electron chi connectivity index (χ2n) is 6.62. The van der Waals surface area contributed by atoms with Gasteiger partial charge in [-0.15, -0.1) is 9.20 Å². The molecule has 0 bridgehead atoms. The van der Waals surface area contributed by atoms with Crippen molar-refractivity contribution in [2.24, 2.45) is 0 Å².